The number of nitrogens with two attached hydrogens (primary N) is 1. The van der Waals surface area contributed by atoms with Crippen LogP contribution in [-0.4, -0.2) is 49.4 Å². The first-order valence-corrected chi connectivity index (χ1v) is 6.44. The summed E-state index contributed by atoms with van der Waals surface area (Å²) in [7, 11) is 1.41. The van der Waals surface area contributed by atoms with E-state index in [1.54, 1.807) is 4.90 Å². The van der Waals surface area contributed by atoms with Crippen LogP contribution in [0.1, 0.15) is 32.1 Å². The van der Waals surface area contributed by atoms with Gasteiger partial charge in [0.25, 0.3) is 0 Å². The van der Waals surface area contributed by atoms with Crippen molar-refractivity contribution < 1.29 is 14.3 Å². The molecule has 98 valence electrons. The Hall–Kier alpha value is -0.810. The largest absolute Gasteiger partial charge is 0.453 e. The van der Waals surface area contributed by atoms with E-state index in [1.165, 1.54) is 13.5 Å². The third-order valence-corrected chi connectivity index (χ3v) is 3.80. The van der Waals surface area contributed by atoms with Crippen LogP contribution in [0.15, 0.2) is 0 Å². The van der Waals surface area contributed by atoms with Crippen molar-refractivity contribution in [1.29, 1.82) is 0 Å². The number of hydrogen-bond donors (Lipinski definition) is 1. The van der Waals surface area contributed by atoms with Crippen LogP contribution in [0.4, 0.5) is 4.79 Å². The lowest BCUT2D eigenvalue weighted by Crippen LogP contribution is -2.56. The standard InChI is InChI=1S/C12H22N2O3/c1-16-12(15)14-7-3-6-10(13)11(14)8-17-9-4-2-5-9/h9-11H,2-8,13H2,1H3. The zero-order valence-electron chi connectivity index (χ0n) is 10.4. The minimum Gasteiger partial charge on any atom is -0.453 e. The van der Waals surface area contributed by atoms with Crippen LogP contribution >= 0.6 is 0 Å². The summed E-state index contributed by atoms with van der Waals surface area (Å²) in [6.45, 7) is 1.26. The van der Waals surface area contributed by atoms with Crippen molar-refractivity contribution in [2.24, 2.45) is 5.73 Å². The molecule has 1 saturated carbocycles. The van der Waals surface area contributed by atoms with Crippen molar-refractivity contribution in [3.8, 4) is 0 Å². The van der Waals surface area contributed by atoms with Gasteiger partial charge < -0.3 is 20.1 Å². The quantitative estimate of drug-likeness (QED) is 0.805. The van der Waals surface area contributed by atoms with E-state index in [1.807, 2.05) is 0 Å². The molecular formula is C12H22N2O3. The molecule has 0 aromatic heterocycles. The Morgan fingerprint density at radius 2 is 2.12 bits per heavy atom. The summed E-state index contributed by atoms with van der Waals surface area (Å²) in [6, 6.07) is -0.0280. The predicted molar refractivity (Wildman–Crippen MR) is 63.7 cm³/mol. The second kappa shape index (κ2) is 5.69. The molecule has 5 heteroatoms. The van der Waals surface area contributed by atoms with Crippen LogP contribution in [0.3, 0.4) is 0 Å². The molecule has 2 N–H and O–H groups in total. The molecule has 2 atom stereocenters. The summed E-state index contributed by atoms with van der Waals surface area (Å²) in [5.74, 6) is 0. The molecule has 0 aromatic rings. The summed E-state index contributed by atoms with van der Waals surface area (Å²) in [4.78, 5) is 13.4. The third-order valence-electron chi connectivity index (χ3n) is 3.80. The summed E-state index contributed by atoms with van der Waals surface area (Å²) in [5, 5.41) is 0. The fraction of sp³-hybridized carbons (Fsp3) is 0.917. The van der Waals surface area contributed by atoms with Crippen LogP contribution in [0.5, 0.6) is 0 Å². The molecule has 2 unspecified atom stereocenters. The van der Waals surface area contributed by atoms with Crippen LogP contribution in [0.2, 0.25) is 0 Å². The highest BCUT2D eigenvalue weighted by atomic mass is 16.5. The molecule has 2 aliphatic rings. The number of likely N-dealkylation sites (tertiary alicyclic amines) is 1. The van der Waals surface area contributed by atoms with Gasteiger partial charge in [-0.3, -0.25) is 0 Å². The summed E-state index contributed by atoms with van der Waals surface area (Å²) >= 11 is 0. The molecule has 17 heavy (non-hydrogen) atoms. The average Bonchev–Trinajstić information content (AvgIpc) is 2.28. The lowest BCUT2D eigenvalue weighted by Gasteiger charge is -2.39. The Balaban J connectivity index is 1.89. The van der Waals surface area contributed by atoms with Gasteiger partial charge in [0.1, 0.15) is 0 Å². The lowest BCUT2D eigenvalue weighted by molar-refractivity contribution is -0.0378. The molecule has 2 fully saturated rings. The Kier molecular flexibility index (Phi) is 4.23. The van der Waals surface area contributed by atoms with Crippen molar-refractivity contribution in [3.63, 3.8) is 0 Å². The van der Waals surface area contributed by atoms with Gasteiger partial charge in [-0.2, -0.15) is 0 Å². The van der Waals surface area contributed by atoms with Gasteiger partial charge in [0.15, 0.2) is 0 Å². The normalized spacial score (nSPS) is 29.9. The minimum atomic E-state index is -0.289. The van der Waals surface area contributed by atoms with Gasteiger partial charge in [-0.05, 0) is 32.1 Å². The van der Waals surface area contributed by atoms with E-state index in [0.29, 0.717) is 12.7 Å². The number of ether oxygens (including phenoxy) is 2. The van der Waals surface area contributed by atoms with Crippen LogP contribution in [0.25, 0.3) is 0 Å². The number of hydrogen-bond acceptors (Lipinski definition) is 4. The Bertz CT molecular complexity index is 268. The number of amides is 1. The molecule has 1 heterocycles. The molecule has 1 aliphatic heterocycles. The Labute approximate surface area is 102 Å². The summed E-state index contributed by atoms with van der Waals surface area (Å²) < 4.78 is 10.6. The molecule has 1 saturated heterocycles. The topological polar surface area (TPSA) is 64.8 Å². The van der Waals surface area contributed by atoms with Gasteiger partial charge >= 0.3 is 6.09 Å². The maximum Gasteiger partial charge on any atom is 0.409 e. The zero-order chi connectivity index (χ0) is 12.3. The van der Waals surface area contributed by atoms with E-state index in [9.17, 15) is 4.79 Å². The summed E-state index contributed by atoms with van der Waals surface area (Å²) in [5.41, 5.74) is 6.08. The maximum atomic E-state index is 11.6. The predicted octanol–water partition coefficient (Wildman–Crippen LogP) is 1.11. The van der Waals surface area contributed by atoms with Crippen LogP contribution < -0.4 is 5.73 Å². The number of methoxy groups -OCH3 is 1. The second-order valence-electron chi connectivity index (χ2n) is 4.92. The first kappa shape index (κ1) is 12.6. The van der Waals surface area contributed by atoms with Crippen molar-refractivity contribution in [2.45, 2.75) is 50.3 Å². The monoisotopic (exact) mass is 242 g/mol. The van der Waals surface area contributed by atoms with E-state index in [4.69, 9.17) is 15.2 Å². The number of nitrogens with zero attached hydrogens (tertiary/aromatic N) is 1. The number of rotatable bonds is 3. The number of piperidine rings is 1. The van der Waals surface area contributed by atoms with E-state index >= 15 is 0 Å². The van der Waals surface area contributed by atoms with Crippen molar-refractivity contribution in [3.05, 3.63) is 0 Å². The molecule has 0 radical (unpaired) electrons. The van der Waals surface area contributed by atoms with Crippen molar-refractivity contribution in [1.82, 2.24) is 4.90 Å². The molecule has 5 nitrogen and oxygen atoms in total. The highest BCUT2D eigenvalue weighted by Gasteiger charge is 2.34. The first-order valence-electron chi connectivity index (χ1n) is 6.44. The molecule has 0 bridgehead atoms. The van der Waals surface area contributed by atoms with Gasteiger partial charge in [-0.1, -0.05) is 0 Å². The van der Waals surface area contributed by atoms with Crippen molar-refractivity contribution >= 4 is 6.09 Å². The number of carbonyl (C=O) groups is 1. The molecular weight excluding hydrogens is 220 g/mol. The van der Waals surface area contributed by atoms with Gasteiger partial charge in [-0.15, -0.1) is 0 Å². The van der Waals surface area contributed by atoms with Gasteiger partial charge in [0, 0.05) is 12.6 Å². The van der Waals surface area contributed by atoms with E-state index < -0.39 is 0 Å². The first-order chi connectivity index (χ1) is 8.22. The smallest absolute Gasteiger partial charge is 0.409 e. The van der Waals surface area contributed by atoms with Crippen molar-refractivity contribution in [2.75, 3.05) is 20.3 Å². The lowest BCUT2D eigenvalue weighted by atomic mass is 9.95. The highest BCUT2D eigenvalue weighted by molar-refractivity contribution is 5.68. The Morgan fingerprint density at radius 3 is 2.71 bits per heavy atom. The molecule has 0 spiro atoms. The van der Waals surface area contributed by atoms with Crippen LogP contribution in [0, 0.1) is 0 Å². The van der Waals surface area contributed by atoms with Gasteiger partial charge in [-0.25, -0.2) is 4.79 Å². The summed E-state index contributed by atoms with van der Waals surface area (Å²) in [6.07, 6.45) is 5.51. The van der Waals surface area contributed by atoms with E-state index in [-0.39, 0.29) is 18.2 Å². The number of carbonyl (C=O) groups excluding carboxylic acids is 1. The molecule has 0 aromatic carbocycles. The third kappa shape index (κ3) is 2.90. The SMILES string of the molecule is COC(=O)N1CCCC(N)C1COC1CCC1. The Morgan fingerprint density at radius 1 is 1.35 bits per heavy atom. The average molecular weight is 242 g/mol. The van der Waals surface area contributed by atoms with Gasteiger partial charge in [0.05, 0.1) is 25.9 Å². The molecule has 1 amide bonds. The van der Waals surface area contributed by atoms with Crippen LogP contribution in [-0.2, 0) is 9.47 Å². The molecule has 2 rings (SSSR count). The fourth-order valence-electron chi connectivity index (χ4n) is 2.42. The van der Waals surface area contributed by atoms with E-state index in [0.717, 1.165) is 32.2 Å². The van der Waals surface area contributed by atoms with E-state index in [2.05, 4.69) is 0 Å². The van der Waals surface area contributed by atoms with Gasteiger partial charge in [0.2, 0.25) is 0 Å². The minimum absolute atomic E-state index is 0.00271. The zero-order valence-corrected chi connectivity index (χ0v) is 10.4. The fourth-order valence-corrected chi connectivity index (χ4v) is 2.42. The molecule has 1 aliphatic carbocycles. The second-order valence-corrected chi connectivity index (χ2v) is 4.92. The maximum absolute atomic E-state index is 11.6. The highest BCUT2D eigenvalue weighted by Crippen LogP contribution is 2.24.